The highest BCUT2D eigenvalue weighted by Crippen LogP contribution is 2.19. The first kappa shape index (κ1) is 12.2. The Kier molecular flexibility index (Phi) is 3.66. The van der Waals surface area contributed by atoms with E-state index in [2.05, 4.69) is 0 Å². The van der Waals surface area contributed by atoms with Gasteiger partial charge in [-0.1, -0.05) is 26.0 Å². The maximum atomic E-state index is 11.0. The highest BCUT2D eigenvalue weighted by Gasteiger charge is 2.14. The topological polar surface area (TPSA) is 74.6 Å². The Bertz CT molecular complexity index is 421. The summed E-state index contributed by atoms with van der Waals surface area (Å²) in [4.78, 5) is 21.6. The van der Waals surface area contributed by atoms with Crippen molar-refractivity contribution in [3.05, 3.63) is 34.9 Å². The zero-order valence-corrected chi connectivity index (χ0v) is 9.23. The standard InChI is InChI=1S/C12H14O4/c1-7(2)8-3-4-9(6-11(13)14)10(5-8)12(15)16/h3-5,7H,6H2,1-2H3,(H,13,14)(H,15,16). The first-order chi connectivity index (χ1) is 7.41. The smallest absolute Gasteiger partial charge is 0.335 e. The normalized spacial score (nSPS) is 10.4. The molecule has 0 fully saturated rings. The Morgan fingerprint density at radius 1 is 1.25 bits per heavy atom. The van der Waals surface area contributed by atoms with E-state index in [4.69, 9.17) is 10.2 Å². The van der Waals surface area contributed by atoms with E-state index in [-0.39, 0.29) is 17.9 Å². The summed E-state index contributed by atoms with van der Waals surface area (Å²) in [7, 11) is 0. The van der Waals surface area contributed by atoms with E-state index < -0.39 is 11.9 Å². The molecule has 0 radical (unpaired) electrons. The van der Waals surface area contributed by atoms with Gasteiger partial charge in [0, 0.05) is 0 Å². The van der Waals surface area contributed by atoms with Crippen LogP contribution in [0.25, 0.3) is 0 Å². The molecular formula is C12H14O4. The molecule has 0 aromatic heterocycles. The number of hydrogen-bond acceptors (Lipinski definition) is 2. The van der Waals surface area contributed by atoms with Crippen molar-refractivity contribution in [1.29, 1.82) is 0 Å². The Morgan fingerprint density at radius 3 is 2.31 bits per heavy atom. The van der Waals surface area contributed by atoms with Gasteiger partial charge in [0.1, 0.15) is 0 Å². The number of benzene rings is 1. The van der Waals surface area contributed by atoms with Crippen molar-refractivity contribution in [2.24, 2.45) is 0 Å². The van der Waals surface area contributed by atoms with Crippen LogP contribution in [0, 0.1) is 0 Å². The third-order valence-corrected chi connectivity index (χ3v) is 2.37. The van der Waals surface area contributed by atoms with Gasteiger partial charge in [0.15, 0.2) is 0 Å². The number of aromatic carboxylic acids is 1. The van der Waals surface area contributed by atoms with Gasteiger partial charge < -0.3 is 10.2 Å². The van der Waals surface area contributed by atoms with E-state index in [1.54, 1.807) is 18.2 Å². The summed E-state index contributed by atoms with van der Waals surface area (Å²) >= 11 is 0. The van der Waals surface area contributed by atoms with E-state index in [1.807, 2.05) is 13.8 Å². The van der Waals surface area contributed by atoms with Gasteiger partial charge in [0.2, 0.25) is 0 Å². The van der Waals surface area contributed by atoms with E-state index in [0.29, 0.717) is 5.56 Å². The Balaban J connectivity index is 3.19. The third-order valence-electron chi connectivity index (χ3n) is 2.37. The average molecular weight is 222 g/mol. The second-order valence-corrected chi connectivity index (χ2v) is 3.95. The Labute approximate surface area is 93.5 Å². The maximum Gasteiger partial charge on any atom is 0.335 e. The molecule has 0 saturated carbocycles. The number of carboxylic acids is 2. The molecule has 0 aliphatic rings. The van der Waals surface area contributed by atoms with Gasteiger partial charge in [-0.2, -0.15) is 0 Å². The van der Waals surface area contributed by atoms with E-state index >= 15 is 0 Å². The minimum Gasteiger partial charge on any atom is -0.481 e. The van der Waals surface area contributed by atoms with Gasteiger partial charge in [-0.15, -0.1) is 0 Å². The Morgan fingerprint density at radius 2 is 1.88 bits per heavy atom. The molecule has 1 rings (SSSR count). The van der Waals surface area contributed by atoms with Gasteiger partial charge in [0.25, 0.3) is 0 Å². The molecule has 16 heavy (non-hydrogen) atoms. The Hall–Kier alpha value is -1.84. The number of aliphatic carboxylic acids is 1. The molecule has 0 aliphatic heterocycles. The van der Waals surface area contributed by atoms with Gasteiger partial charge in [-0.05, 0) is 23.1 Å². The molecule has 0 amide bonds. The van der Waals surface area contributed by atoms with Gasteiger partial charge in [-0.3, -0.25) is 4.79 Å². The van der Waals surface area contributed by atoms with E-state index in [0.717, 1.165) is 5.56 Å². The summed E-state index contributed by atoms with van der Waals surface area (Å²) < 4.78 is 0. The van der Waals surface area contributed by atoms with Crippen LogP contribution in [-0.2, 0) is 11.2 Å². The second-order valence-electron chi connectivity index (χ2n) is 3.95. The fourth-order valence-electron chi connectivity index (χ4n) is 1.47. The molecule has 1 aromatic carbocycles. The number of carbonyl (C=O) groups is 2. The highest BCUT2D eigenvalue weighted by molar-refractivity contribution is 5.91. The predicted molar refractivity (Wildman–Crippen MR) is 58.8 cm³/mol. The summed E-state index contributed by atoms with van der Waals surface area (Å²) in [5.41, 5.74) is 1.31. The van der Waals surface area contributed by atoms with Gasteiger partial charge in [0.05, 0.1) is 12.0 Å². The lowest BCUT2D eigenvalue weighted by molar-refractivity contribution is -0.136. The van der Waals surface area contributed by atoms with Crippen LogP contribution in [-0.4, -0.2) is 22.2 Å². The number of rotatable bonds is 4. The van der Waals surface area contributed by atoms with E-state index in [1.165, 1.54) is 0 Å². The van der Waals surface area contributed by atoms with Crippen molar-refractivity contribution in [3.63, 3.8) is 0 Å². The highest BCUT2D eigenvalue weighted by atomic mass is 16.4. The summed E-state index contributed by atoms with van der Waals surface area (Å²) in [6, 6.07) is 4.90. The van der Waals surface area contributed by atoms with Crippen LogP contribution in [0.1, 0.15) is 41.3 Å². The molecule has 0 atom stereocenters. The van der Waals surface area contributed by atoms with Crippen LogP contribution in [0.5, 0.6) is 0 Å². The van der Waals surface area contributed by atoms with Gasteiger partial charge in [-0.25, -0.2) is 4.79 Å². The fourth-order valence-corrected chi connectivity index (χ4v) is 1.47. The predicted octanol–water partition coefficient (Wildman–Crippen LogP) is 2.14. The zero-order chi connectivity index (χ0) is 12.3. The lowest BCUT2D eigenvalue weighted by Gasteiger charge is -2.09. The van der Waals surface area contributed by atoms with Crippen LogP contribution < -0.4 is 0 Å². The summed E-state index contributed by atoms with van der Waals surface area (Å²) in [5.74, 6) is -1.89. The lowest BCUT2D eigenvalue weighted by Crippen LogP contribution is -2.08. The van der Waals surface area contributed by atoms with Crippen LogP contribution in [0.4, 0.5) is 0 Å². The molecule has 0 spiro atoms. The molecule has 0 saturated heterocycles. The molecule has 0 unspecified atom stereocenters. The van der Waals surface area contributed by atoms with Crippen molar-refractivity contribution in [2.75, 3.05) is 0 Å². The number of hydrogen-bond donors (Lipinski definition) is 2. The summed E-state index contributed by atoms with van der Waals surface area (Å²) in [6.45, 7) is 3.91. The van der Waals surface area contributed by atoms with Crippen LogP contribution in [0.2, 0.25) is 0 Å². The largest absolute Gasteiger partial charge is 0.481 e. The SMILES string of the molecule is CC(C)c1ccc(CC(=O)O)c(C(=O)O)c1. The average Bonchev–Trinajstić information content (AvgIpc) is 2.16. The molecule has 86 valence electrons. The monoisotopic (exact) mass is 222 g/mol. The molecule has 0 bridgehead atoms. The summed E-state index contributed by atoms with van der Waals surface area (Å²) in [5, 5.41) is 17.7. The molecule has 0 heterocycles. The minimum atomic E-state index is -1.08. The molecule has 4 heteroatoms. The molecular weight excluding hydrogens is 208 g/mol. The molecule has 1 aromatic rings. The third kappa shape index (κ3) is 2.82. The lowest BCUT2D eigenvalue weighted by atomic mass is 9.96. The van der Waals surface area contributed by atoms with Crippen molar-refractivity contribution < 1.29 is 19.8 Å². The minimum absolute atomic E-state index is 0.0774. The van der Waals surface area contributed by atoms with Crippen molar-refractivity contribution in [3.8, 4) is 0 Å². The van der Waals surface area contributed by atoms with Crippen molar-refractivity contribution in [1.82, 2.24) is 0 Å². The summed E-state index contributed by atoms with van der Waals surface area (Å²) in [6.07, 6.45) is -0.264. The quantitative estimate of drug-likeness (QED) is 0.818. The second kappa shape index (κ2) is 4.79. The van der Waals surface area contributed by atoms with Crippen LogP contribution >= 0.6 is 0 Å². The van der Waals surface area contributed by atoms with Crippen molar-refractivity contribution in [2.45, 2.75) is 26.2 Å². The maximum absolute atomic E-state index is 11.0. The van der Waals surface area contributed by atoms with E-state index in [9.17, 15) is 9.59 Å². The van der Waals surface area contributed by atoms with Crippen molar-refractivity contribution >= 4 is 11.9 Å². The number of carboxylic acid groups (broad SMARTS) is 2. The van der Waals surface area contributed by atoms with Crippen LogP contribution in [0.3, 0.4) is 0 Å². The van der Waals surface area contributed by atoms with Crippen LogP contribution in [0.15, 0.2) is 18.2 Å². The molecule has 2 N–H and O–H groups in total. The fraction of sp³-hybridized carbons (Fsp3) is 0.333. The van der Waals surface area contributed by atoms with Gasteiger partial charge >= 0.3 is 11.9 Å². The first-order valence-corrected chi connectivity index (χ1v) is 4.99. The molecule has 4 nitrogen and oxygen atoms in total. The first-order valence-electron chi connectivity index (χ1n) is 4.99. The zero-order valence-electron chi connectivity index (χ0n) is 9.23. The molecule has 0 aliphatic carbocycles.